The van der Waals surface area contributed by atoms with Crippen molar-refractivity contribution in [3.63, 3.8) is 0 Å². The van der Waals surface area contributed by atoms with Crippen molar-refractivity contribution in [1.29, 1.82) is 0 Å². The Morgan fingerprint density at radius 1 is 1.42 bits per heavy atom. The van der Waals surface area contributed by atoms with Crippen LogP contribution in [0.4, 0.5) is 4.79 Å². The first kappa shape index (κ1) is 11.8. The quantitative estimate of drug-likeness (QED) is 0.489. The van der Waals surface area contributed by atoms with Crippen LogP contribution >= 0.6 is 12.6 Å². The minimum atomic E-state index is -0.241. The van der Waals surface area contributed by atoms with Crippen LogP contribution in [0.3, 0.4) is 0 Å². The first-order valence-electron chi connectivity index (χ1n) is 4.39. The van der Waals surface area contributed by atoms with Gasteiger partial charge < -0.3 is 10.2 Å². The lowest BCUT2D eigenvalue weighted by Crippen LogP contribution is -2.27. The van der Waals surface area contributed by atoms with Gasteiger partial charge in [-0.2, -0.15) is 0 Å². The molecular weight excluding hydrogens is 172 g/mol. The molecule has 0 heterocycles. The number of nitrogens with one attached hydrogen (secondary N) is 1. The van der Waals surface area contributed by atoms with Crippen LogP contribution in [0.2, 0.25) is 0 Å². The third-order valence-corrected chi connectivity index (χ3v) is 1.98. The van der Waals surface area contributed by atoms with Gasteiger partial charge in [0.05, 0.1) is 0 Å². The molecule has 0 aliphatic heterocycles. The normalized spacial score (nSPS) is 10.3. The fraction of sp³-hybridized carbons (Fsp3) is 0.875. The largest absolute Gasteiger partial charge is 0.347 e. The number of carbonyl (C=O) groups excluding carboxylic acids is 1. The highest BCUT2D eigenvalue weighted by molar-refractivity contribution is 7.96. The maximum atomic E-state index is 10.4. The molecule has 12 heavy (non-hydrogen) atoms. The fourth-order valence-corrected chi connectivity index (χ4v) is 1.15. The van der Waals surface area contributed by atoms with Gasteiger partial charge in [0, 0.05) is 6.54 Å². The minimum absolute atomic E-state index is 0.241. The first-order valence-corrected chi connectivity index (χ1v) is 4.84. The Kier molecular flexibility index (Phi) is 7.29. The zero-order valence-corrected chi connectivity index (χ0v) is 8.73. The fourth-order valence-electron chi connectivity index (χ4n) is 1.04. The van der Waals surface area contributed by atoms with E-state index in [9.17, 15) is 4.79 Å². The smallest absolute Gasteiger partial charge is 0.275 e. The second kappa shape index (κ2) is 7.43. The molecule has 0 fully saturated rings. The highest BCUT2D eigenvalue weighted by atomic mass is 32.1. The van der Waals surface area contributed by atoms with Gasteiger partial charge >= 0.3 is 0 Å². The van der Waals surface area contributed by atoms with E-state index in [0.717, 1.165) is 32.6 Å². The van der Waals surface area contributed by atoms with E-state index in [1.54, 1.807) is 0 Å². The van der Waals surface area contributed by atoms with Crippen molar-refractivity contribution in [2.45, 2.75) is 20.3 Å². The lowest BCUT2D eigenvalue weighted by atomic mass is 10.3. The zero-order valence-electron chi connectivity index (χ0n) is 7.84. The third kappa shape index (κ3) is 6.49. The van der Waals surface area contributed by atoms with Crippen molar-refractivity contribution < 1.29 is 4.79 Å². The molecule has 0 saturated heterocycles. The molecule has 0 aromatic carbocycles. The molecule has 0 saturated carbocycles. The van der Waals surface area contributed by atoms with Gasteiger partial charge in [0.1, 0.15) is 0 Å². The topological polar surface area (TPSA) is 32.3 Å². The van der Waals surface area contributed by atoms with E-state index in [1.165, 1.54) is 0 Å². The van der Waals surface area contributed by atoms with E-state index >= 15 is 0 Å². The van der Waals surface area contributed by atoms with Gasteiger partial charge in [0.2, 0.25) is 0 Å². The van der Waals surface area contributed by atoms with Gasteiger partial charge in [0.25, 0.3) is 5.24 Å². The van der Waals surface area contributed by atoms with Gasteiger partial charge in [-0.05, 0) is 26.1 Å². The highest BCUT2D eigenvalue weighted by Crippen LogP contribution is 1.89. The van der Waals surface area contributed by atoms with Gasteiger partial charge in [0.15, 0.2) is 0 Å². The number of rotatable bonds is 6. The summed E-state index contributed by atoms with van der Waals surface area (Å²) in [6.45, 7) is 8.19. The minimum Gasteiger partial charge on any atom is -0.347 e. The van der Waals surface area contributed by atoms with Crippen LogP contribution in [0.25, 0.3) is 0 Å². The van der Waals surface area contributed by atoms with Crippen LogP contribution in [-0.4, -0.2) is 36.3 Å². The molecule has 0 radical (unpaired) electrons. The van der Waals surface area contributed by atoms with Crippen molar-refractivity contribution in [2.75, 3.05) is 26.2 Å². The zero-order chi connectivity index (χ0) is 9.40. The summed E-state index contributed by atoms with van der Waals surface area (Å²) in [5.41, 5.74) is 0. The molecular formula is C8H18N2OS. The van der Waals surface area contributed by atoms with Crippen LogP contribution in [0.5, 0.6) is 0 Å². The molecule has 0 bridgehead atoms. The van der Waals surface area contributed by atoms with Crippen LogP contribution in [0.1, 0.15) is 20.3 Å². The SMILES string of the molecule is CCN(CC)CCCNC(=O)S. The third-order valence-electron chi connectivity index (χ3n) is 1.82. The van der Waals surface area contributed by atoms with Gasteiger partial charge in [-0.3, -0.25) is 4.79 Å². The summed E-state index contributed by atoms with van der Waals surface area (Å²) in [4.78, 5) is 12.7. The number of hydrogen-bond acceptors (Lipinski definition) is 2. The average Bonchev–Trinajstić information content (AvgIpc) is 2.04. The summed E-state index contributed by atoms with van der Waals surface area (Å²) >= 11 is 3.60. The molecule has 0 spiro atoms. The van der Waals surface area contributed by atoms with E-state index in [4.69, 9.17) is 0 Å². The Morgan fingerprint density at radius 2 is 2.00 bits per heavy atom. The van der Waals surface area contributed by atoms with E-state index in [2.05, 4.69) is 36.7 Å². The van der Waals surface area contributed by atoms with Crippen LogP contribution in [0, 0.1) is 0 Å². The lowest BCUT2D eigenvalue weighted by molar-refractivity contribution is 0.259. The molecule has 3 nitrogen and oxygen atoms in total. The monoisotopic (exact) mass is 190 g/mol. The first-order chi connectivity index (χ1) is 5.70. The molecule has 0 rings (SSSR count). The summed E-state index contributed by atoms with van der Waals surface area (Å²) < 4.78 is 0. The Bertz CT molecular complexity index is 126. The van der Waals surface area contributed by atoms with Gasteiger partial charge in [-0.1, -0.05) is 26.5 Å². The number of thiol groups is 1. The lowest BCUT2D eigenvalue weighted by Gasteiger charge is -2.17. The Hall–Kier alpha value is -0.220. The van der Waals surface area contributed by atoms with Crippen molar-refractivity contribution >= 4 is 17.9 Å². The molecule has 0 atom stereocenters. The Balaban J connectivity index is 3.23. The predicted octanol–water partition coefficient (Wildman–Crippen LogP) is 1.36. The van der Waals surface area contributed by atoms with E-state index in [-0.39, 0.29) is 5.24 Å². The van der Waals surface area contributed by atoms with Crippen molar-refractivity contribution in [1.82, 2.24) is 10.2 Å². The van der Waals surface area contributed by atoms with E-state index in [1.807, 2.05) is 0 Å². The second-order valence-corrected chi connectivity index (χ2v) is 3.02. The summed E-state index contributed by atoms with van der Waals surface area (Å²) in [5, 5.41) is 2.41. The van der Waals surface area contributed by atoms with Crippen LogP contribution in [0.15, 0.2) is 0 Å². The Morgan fingerprint density at radius 3 is 2.42 bits per heavy atom. The van der Waals surface area contributed by atoms with Gasteiger partial charge in [-0.15, -0.1) is 0 Å². The van der Waals surface area contributed by atoms with Crippen LogP contribution < -0.4 is 5.32 Å². The highest BCUT2D eigenvalue weighted by Gasteiger charge is 1.97. The van der Waals surface area contributed by atoms with Gasteiger partial charge in [-0.25, -0.2) is 0 Å². The maximum Gasteiger partial charge on any atom is 0.275 e. The number of carbonyl (C=O) groups is 1. The standard InChI is InChI=1S/C8H18N2OS/c1-3-10(4-2)7-5-6-9-8(11)12/h3-7H2,1-2H3,(H2,9,11,12). The number of nitrogens with zero attached hydrogens (tertiary/aromatic N) is 1. The predicted molar refractivity (Wildman–Crippen MR) is 54.8 cm³/mol. The summed E-state index contributed by atoms with van der Waals surface area (Å²) in [6.07, 6.45) is 0.994. The van der Waals surface area contributed by atoms with Crippen molar-refractivity contribution in [3.05, 3.63) is 0 Å². The molecule has 0 unspecified atom stereocenters. The summed E-state index contributed by atoms with van der Waals surface area (Å²) in [5.74, 6) is 0. The molecule has 72 valence electrons. The molecule has 0 aromatic heterocycles. The second-order valence-electron chi connectivity index (χ2n) is 2.61. The summed E-state index contributed by atoms with van der Waals surface area (Å²) in [7, 11) is 0. The molecule has 0 aliphatic rings. The summed E-state index contributed by atoms with van der Waals surface area (Å²) in [6, 6.07) is 0. The maximum absolute atomic E-state index is 10.4. The molecule has 0 aliphatic carbocycles. The van der Waals surface area contributed by atoms with E-state index < -0.39 is 0 Å². The average molecular weight is 190 g/mol. The van der Waals surface area contributed by atoms with Crippen molar-refractivity contribution in [2.24, 2.45) is 0 Å². The molecule has 4 heteroatoms. The molecule has 0 aromatic rings. The Labute approximate surface area is 79.9 Å². The number of amides is 1. The van der Waals surface area contributed by atoms with Crippen LogP contribution in [-0.2, 0) is 0 Å². The molecule has 1 N–H and O–H groups in total. The van der Waals surface area contributed by atoms with E-state index in [0.29, 0.717) is 0 Å². The van der Waals surface area contributed by atoms with Crippen molar-refractivity contribution in [3.8, 4) is 0 Å². The molecule has 1 amide bonds. The number of hydrogen-bond donors (Lipinski definition) is 2.